The van der Waals surface area contributed by atoms with Crippen molar-refractivity contribution in [2.24, 2.45) is 0 Å². The standard InChI is InChI=1S/C14H18Si2/c1-15(2)13-10-9-11-7-5-6-8-12(11)14(13)16(3)4/h5-10H,1-4H3. The van der Waals surface area contributed by atoms with Crippen LogP contribution in [0.25, 0.3) is 10.8 Å². The van der Waals surface area contributed by atoms with E-state index in [9.17, 15) is 0 Å². The molecule has 2 radical (unpaired) electrons. The normalized spacial score (nSPS) is 11.6. The maximum atomic E-state index is 2.40. The Hall–Kier alpha value is -0.866. The van der Waals surface area contributed by atoms with E-state index in [1.165, 1.54) is 10.8 Å². The highest BCUT2D eigenvalue weighted by molar-refractivity contribution is 6.83. The molecule has 2 heteroatoms. The third kappa shape index (κ3) is 1.99. The molecular formula is C14H18Si2. The van der Waals surface area contributed by atoms with Crippen LogP contribution in [0.15, 0.2) is 36.4 Å². The summed E-state index contributed by atoms with van der Waals surface area (Å²) < 4.78 is 0. The van der Waals surface area contributed by atoms with Crippen LogP contribution in [0.2, 0.25) is 26.2 Å². The molecule has 0 aliphatic heterocycles. The molecule has 0 atom stereocenters. The van der Waals surface area contributed by atoms with Crippen LogP contribution in [0.3, 0.4) is 0 Å². The van der Waals surface area contributed by atoms with E-state index in [4.69, 9.17) is 0 Å². The Morgan fingerprint density at radius 1 is 0.750 bits per heavy atom. The number of rotatable bonds is 2. The molecule has 0 fully saturated rings. The summed E-state index contributed by atoms with van der Waals surface area (Å²) in [5.41, 5.74) is 0. The third-order valence-corrected chi connectivity index (χ3v) is 6.25. The second kappa shape index (κ2) is 4.56. The van der Waals surface area contributed by atoms with E-state index < -0.39 is 0 Å². The summed E-state index contributed by atoms with van der Waals surface area (Å²) in [6.07, 6.45) is 0. The van der Waals surface area contributed by atoms with Crippen LogP contribution in [-0.2, 0) is 0 Å². The average Bonchev–Trinajstić information content (AvgIpc) is 2.27. The van der Waals surface area contributed by atoms with Crippen LogP contribution >= 0.6 is 0 Å². The van der Waals surface area contributed by atoms with Crippen molar-refractivity contribution in [1.29, 1.82) is 0 Å². The SMILES string of the molecule is C[Si](C)c1ccc2ccccc2c1[Si](C)C. The van der Waals surface area contributed by atoms with Gasteiger partial charge in [0.05, 0.1) is 17.6 Å². The lowest BCUT2D eigenvalue weighted by molar-refractivity contribution is 1.77. The van der Waals surface area contributed by atoms with Gasteiger partial charge in [-0.3, -0.25) is 0 Å². The van der Waals surface area contributed by atoms with E-state index in [0.717, 1.165) is 0 Å². The Labute approximate surface area is 102 Å². The topological polar surface area (TPSA) is 0 Å². The molecule has 0 aromatic heterocycles. The maximum Gasteiger partial charge on any atom is 0.0798 e. The average molecular weight is 242 g/mol. The Morgan fingerprint density at radius 3 is 2.06 bits per heavy atom. The molecule has 0 nitrogen and oxygen atoms in total. The van der Waals surface area contributed by atoms with Crippen molar-refractivity contribution in [2.45, 2.75) is 26.2 Å². The van der Waals surface area contributed by atoms with Crippen LogP contribution in [0, 0.1) is 0 Å². The lowest BCUT2D eigenvalue weighted by atomic mass is 10.1. The molecule has 0 aliphatic carbocycles. The van der Waals surface area contributed by atoms with Crippen molar-refractivity contribution in [3.8, 4) is 0 Å². The van der Waals surface area contributed by atoms with E-state index >= 15 is 0 Å². The lowest BCUT2D eigenvalue weighted by Gasteiger charge is -2.17. The zero-order valence-electron chi connectivity index (χ0n) is 10.5. The van der Waals surface area contributed by atoms with Gasteiger partial charge in [-0.25, -0.2) is 0 Å². The maximum absolute atomic E-state index is 2.40. The third-order valence-electron chi connectivity index (χ3n) is 2.97. The Kier molecular flexibility index (Phi) is 3.31. The fourth-order valence-corrected chi connectivity index (χ4v) is 6.17. The second-order valence-electron chi connectivity index (χ2n) is 4.71. The van der Waals surface area contributed by atoms with Gasteiger partial charge in [-0.1, -0.05) is 73.0 Å². The molecule has 0 amide bonds. The quantitative estimate of drug-likeness (QED) is 0.711. The second-order valence-corrected chi connectivity index (χ2v) is 9.75. The van der Waals surface area contributed by atoms with Gasteiger partial charge in [-0.2, -0.15) is 0 Å². The largest absolute Gasteiger partial charge is 0.0798 e. The fraction of sp³-hybridized carbons (Fsp3) is 0.286. The van der Waals surface area contributed by atoms with Crippen LogP contribution in [0.5, 0.6) is 0 Å². The number of hydrogen-bond donors (Lipinski definition) is 0. The first kappa shape index (κ1) is 11.6. The van der Waals surface area contributed by atoms with Gasteiger partial charge in [0, 0.05) is 0 Å². The predicted octanol–water partition coefficient (Wildman–Crippen LogP) is 2.76. The van der Waals surface area contributed by atoms with Crippen LogP contribution in [0.1, 0.15) is 0 Å². The fourth-order valence-electron chi connectivity index (χ4n) is 2.23. The Morgan fingerprint density at radius 2 is 1.44 bits per heavy atom. The van der Waals surface area contributed by atoms with Gasteiger partial charge in [0.1, 0.15) is 0 Å². The van der Waals surface area contributed by atoms with Crippen molar-refractivity contribution < 1.29 is 0 Å². The minimum atomic E-state index is -0.386. The van der Waals surface area contributed by atoms with Crippen LogP contribution < -0.4 is 10.4 Å². The molecule has 16 heavy (non-hydrogen) atoms. The summed E-state index contributed by atoms with van der Waals surface area (Å²) >= 11 is 0. The van der Waals surface area contributed by atoms with E-state index in [-0.39, 0.29) is 17.6 Å². The smallest absolute Gasteiger partial charge is 0.0671 e. The summed E-state index contributed by atoms with van der Waals surface area (Å²) in [6, 6.07) is 13.5. The molecule has 0 spiro atoms. The molecule has 0 saturated heterocycles. The van der Waals surface area contributed by atoms with Crippen molar-refractivity contribution in [3.63, 3.8) is 0 Å². The van der Waals surface area contributed by atoms with Gasteiger partial charge in [-0.05, 0) is 10.8 Å². The van der Waals surface area contributed by atoms with E-state index in [2.05, 4.69) is 62.6 Å². The van der Waals surface area contributed by atoms with Gasteiger partial charge in [0.25, 0.3) is 0 Å². The first-order chi connectivity index (χ1) is 7.61. The molecule has 0 heterocycles. The molecule has 2 rings (SSSR count). The monoisotopic (exact) mass is 242 g/mol. The number of benzene rings is 2. The summed E-state index contributed by atoms with van der Waals surface area (Å²) in [5, 5.41) is 6.20. The van der Waals surface area contributed by atoms with Gasteiger partial charge in [-0.15, -0.1) is 0 Å². The summed E-state index contributed by atoms with van der Waals surface area (Å²) in [6.45, 7) is 9.59. The Balaban J connectivity index is 2.79. The van der Waals surface area contributed by atoms with Crippen molar-refractivity contribution in [2.75, 3.05) is 0 Å². The van der Waals surface area contributed by atoms with E-state index in [1.54, 1.807) is 10.4 Å². The van der Waals surface area contributed by atoms with Gasteiger partial charge in [0.2, 0.25) is 0 Å². The predicted molar refractivity (Wildman–Crippen MR) is 78.2 cm³/mol. The molecule has 0 bridgehead atoms. The Bertz CT molecular complexity index is 501. The first-order valence-corrected chi connectivity index (χ1v) is 10.7. The van der Waals surface area contributed by atoms with Gasteiger partial charge in [0.15, 0.2) is 0 Å². The zero-order valence-corrected chi connectivity index (χ0v) is 12.5. The van der Waals surface area contributed by atoms with Crippen molar-refractivity contribution in [1.82, 2.24) is 0 Å². The molecule has 82 valence electrons. The molecule has 0 aliphatic rings. The molecule has 0 saturated carbocycles. The minimum absolute atomic E-state index is 0.351. The van der Waals surface area contributed by atoms with Crippen LogP contribution in [-0.4, -0.2) is 17.6 Å². The lowest BCUT2D eigenvalue weighted by Crippen LogP contribution is -2.44. The van der Waals surface area contributed by atoms with Gasteiger partial charge < -0.3 is 0 Å². The van der Waals surface area contributed by atoms with E-state index in [1.807, 2.05) is 0 Å². The zero-order chi connectivity index (χ0) is 11.7. The van der Waals surface area contributed by atoms with Crippen LogP contribution in [0.4, 0.5) is 0 Å². The highest BCUT2D eigenvalue weighted by Crippen LogP contribution is 2.11. The number of hydrogen-bond acceptors (Lipinski definition) is 0. The molecule has 2 aromatic carbocycles. The van der Waals surface area contributed by atoms with Crippen molar-refractivity contribution >= 4 is 38.7 Å². The van der Waals surface area contributed by atoms with Gasteiger partial charge >= 0.3 is 0 Å². The summed E-state index contributed by atoms with van der Waals surface area (Å²) in [4.78, 5) is 0. The molecular weight excluding hydrogens is 224 g/mol. The highest BCUT2D eigenvalue weighted by atomic mass is 28.3. The van der Waals surface area contributed by atoms with Crippen molar-refractivity contribution in [3.05, 3.63) is 36.4 Å². The highest BCUT2D eigenvalue weighted by Gasteiger charge is 2.14. The van der Waals surface area contributed by atoms with E-state index in [0.29, 0.717) is 0 Å². The molecule has 2 aromatic rings. The minimum Gasteiger partial charge on any atom is -0.0671 e. The molecule has 0 unspecified atom stereocenters. The summed E-state index contributed by atoms with van der Waals surface area (Å²) in [5.74, 6) is 0. The molecule has 0 N–H and O–H groups in total. The summed E-state index contributed by atoms with van der Waals surface area (Å²) in [7, 11) is -0.738. The first-order valence-electron chi connectivity index (χ1n) is 5.74. The number of fused-ring (bicyclic) bond motifs is 1.